The number of methoxy groups -OCH3 is 1. The number of carbonyl (C=O) groups is 2. The van der Waals surface area contributed by atoms with E-state index in [1.165, 1.54) is 6.08 Å². The Morgan fingerprint density at radius 1 is 1.33 bits per heavy atom. The molecule has 0 radical (unpaired) electrons. The number of amides is 2. The van der Waals surface area contributed by atoms with Gasteiger partial charge in [0.1, 0.15) is 5.70 Å². The molecule has 2 amide bonds. The Labute approximate surface area is 116 Å². The number of quaternary nitrogens is 1. The van der Waals surface area contributed by atoms with Gasteiger partial charge in [-0.15, -0.1) is 0 Å². The lowest BCUT2D eigenvalue weighted by Gasteiger charge is -2.21. The van der Waals surface area contributed by atoms with Gasteiger partial charge in [0.2, 0.25) is 5.91 Å². The minimum absolute atomic E-state index is 0.348. The van der Waals surface area contributed by atoms with Gasteiger partial charge < -0.3 is 10.5 Å². The summed E-state index contributed by atoms with van der Waals surface area (Å²) in [5.41, 5.74) is 4.10. The first-order valence-electron chi connectivity index (χ1n) is 5.58. The van der Waals surface area contributed by atoms with Gasteiger partial charge in [-0.3, -0.25) is 14.9 Å². The third-order valence-electron chi connectivity index (χ3n) is 2.46. The van der Waals surface area contributed by atoms with Gasteiger partial charge in [0.05, 0.1) is 22.4 Å². The van der Waals surface area contributed by atoms with Gasteiger partial charge in [0.25, 0.3) is 5.91 Å². The zero-order valence-corrected chi connectivity index (χ0v) is 13.2. The predicted molar refractivity (Wildman–Crippen MR) is 72.8 cm³/mol. The lowest BCUT2D eigenvalue weighted by Crippen LogP contribution is -2.55. The summed E-state index contributed by atoms with van der Waals surface area (Å²) in [6, 6.07) is 0. The van der Waals surface area contributed by atoms with E-state index >= 15 is 0 Å². The zero-order valence-electron chi connectivity index (χ0n) is 11.6. The first kappa shape index (κ1) is 17.3. The molecular formula is C12H22BrN2O3+. The second-order valence-electron chi connectivity index (χ2n) is 5.28. The summed E-state index contributed by atoms with van der Waals surface area (Å²) in [6.07, 6.45) is 1.33. The summed E-state index contributed by atoms with van der Waals surface area (Å²) in [7, 11) is 1.59. The predicted octanol–water partition coefficient (Wildman–Crippen LogP) is 0.601. The van der Waals surface area contributed by atoms with Crippen molar-refractivity contribution >= 4 is 27.7 Å². The molecule has 5 nitrogen and oxygen atoms in total. The van der Waals surface area contributed by atoms with Crippen LogP contribution < -0.4 is 11.1 Å². The average Bonchev–Trinajstić information content (AvgIpc) is 2.15. The van der Waals surface area contributed by atoms with Crippen molar-refractivity contribution in [2.24, 2.45) is 5.41 Å². The number of halogens is 1. The summed E-state index contributed by atoms with van der Waals surface area (Å²) < 4.78 is 4.28. The standard InChI is InChI=1S/C12H21BrN2O3/c1-11(2,7-18-5)8(14)6-9(16)15-10(17)12(3,4)13/h6H,7,14H2,1-5H3,(H,15,16,17)/p+1. The fourth-order valence-electron chi connectivity index (χ4n) is 1.10. The van der Waals surface area contributed by atoms with Gasteiger partial charge in [0.15, 0.2) is 0 Å². The Kier molecular flexibility index (Phi) is 6.19. The van der Waals surface area contributed by atoms with Crippen molar-refractivity contribution in [2.75, 3.05) is 13.7 Å². The number of alkyl halides is 1. The van der Waals surface area contributed by atoms with Crippen LogP contribution in [-0.4, -0.2) is 29.9 Å². The summed E-state index contributed by atoms with van der Waals surface area (Å²) in [5.74, 6) is -0.859. The highest BCUT2D eigenvalue weighted by Gasteiger charge is 2.28. The third kappa shape index (κ3) is 5.75. The summed E-state index contributed by atoms with van der Waals surface area (Å²) in [4.78, 5) is 23.2. The van der Waals surface area contributed by atoms with Crippen LogP contribution >= 0.6 is 15.9 Å². The highest BCUT2D eigenvalue weighted by Crippen LogP contribution is 2.21. The van der Waals surface area contributed by atoms with Crippen LogP contribution in [0.25, 0.3) is 0 Å². The normalized spacial score (nSPS) is 13.4. The van der Waals surface area contributed by atoms with E-state index in [1.807, 2.05) is 13.8 Å². The van der Waals surface area contributed by atoms with Crippen LogP contribution in [0.3, 0.4) is 0 Å². The number of nitrogens with one attached hydrogen (secondary N) is 1. The lowest BCUT2D eigenvalue weighted by molar-refractivity contribution is -0.326. The molecule has 6 heteroatoms. The fraction of sp³-hybridized carbons (Fsp3) is 0.667. The number of hydrogen-bond acceptors (Lipinski definition) is 3. The molecule has 104 valence electrons. The molecule has 0 unspecified atom stereocenters. The minimum Gasteiger partial charge on any atom is -0.384 e. The molecule has 0 atom stereocenters. The Hall–Kier alpha value is -0.720. The molecule has 0 fully saturated rings. The van der Waals surface area contributed by atoms with E-state index in [9.17, 15) is 9.59 Å². The largest absolute Gasteiger partial charge is 0.384 e. The lowest BCUT2D eigenvalue weighted by atomic mass is 9.90. The van der Waals surface area contributed by atoms with Crippen LogP contribution in [0.1, 0.15) is 27.7 Å². The van der Waals surface area contributed by atoms with E-state index in [0.29, 0.717) is 12.3 Å². The molecule has 0 bridgehead atoms. The van der Waals surface area contributed by atoms with Crippen LogP contribution in [-0.2, 0) is 14.3 Å². The van der Waals surface area contributed by atoms with Crippen LogP contribution in [0.4, 0.5) is 0 Å². The second-order valence-corrected chi connectivity index (χ2v) is 7.26. The average molecular weight is 322 g/mol. The van der Waals surface area contributed by atoms with Crippen molar-refractivity contribution in [1.29, 1.82) is 0 Å². The van der Waals surface area contributed by atoms with E-state index in [2.05, 4.69) is 27.0 Å². The molecule has 0 heterocycles. The number of ether oxygens (including phenoxy) is 1. The smallest absolute Gasteiger partial charge is 0.256 e. The molecule has 0 aromatic rings. The van der Waals surface area contributed by atoms with Crippen LogP contribution in [0.15, 0.2) is 11.8 Å². The second kappa shape index (κ2) is 6.45. The Balaban J connectivity index is 4.70. The topological polar surface area (TPSA) is 83.0 Å². The van der Waals surface area contributed by atoms with Gasteiger partial charge in [0, 0.05) is 7.11 Å². The Bertz CT molecular complexity index is 357. The molecule has 0 aliphatic rings. The molecule has 0 saturated carbocycles. The number of carbonyl (C=O) groups excluding carboxylic acids is 2. The van der Waals surface area contributed by atoms with Crippen molar-refractivity contribution in [1.82, 2.24) is 5.32 Å². The fourth-order valence-corrected chi connectivity index (χ4v) is 1.20. The van der Waals surface area contributed by atoms with E-state index in [-0.39, 0.29) is 11.3 Å². The zero-order chi connectivity index (χ0) is 14.6. The highest BCUT2D eigenvalue weighted by molar-refractivity contribution is 9.10. The van der Waals surface area contributed by atoms with Gasteiger partial charge in [-0.2, -0.15) is 0 Å². The molecular weight excluding hydrogens is 300 g/mol. The Morgan fingerprint density at radius 2 is 1.83 bits per heavy atom. The van der Waals surface area contributed by atoms with Crippen LogP contribution in [0, 0.1) is 5.41 Å². The highest BCUT2D eigenvalue weighted by atomic mass is 79.9. The minimum atomic E-state index is -0.778. The SMILES string of the molecule is COCC(C)(C)C([NH3+])=CC(=O)NC(=O)C(C)(C)Br. The van der Waals surface area contributed by atoms with Gasteiger partial charge in [-0.1, -0.05) is 15.9 Å². The molecule has 4 N–H and O–H groups in total. The third-order valence-corrected chi connectivity index (χ3v) is 2.82. The van der Waals surface area contributed by atoms with E-state index in [1.54, 1.807) is 21.0 Å². The molecule has 0 aliphatic carbocycles. The number of hydrogen-bond donors (Lipinski definition) is 2. The van der Waals surface area contributed by atoms with E-state index in [0.717, 1.165) is 0 Å². The molecule has 0 aromatic carbocycles. The van der Waals surface area contributed by atoms with Crippen LogP contribution in [0.5, 0.6) is 0 Å². The maximum absolute atomic E-state index is 11.7. The summed E-state index contributed by atoms with van der Waals surface area (Å²) in [6.45, 7) is 7.61. The van der Waals surface area contributed by atoms with E-state index in [4.69, 9.17) is 4.74 Å². The van der Waals surface area contributed by atoms with Gasteiger partial charge in [-0.25, -0.2) is 0 Å². The van der Waals surface area contributed by atoms with Gasteiger partial charge >= 0.3 is 0 Å². The molecule has 0 rings (SSSR count). The van der Waals surface area contributed by atoms with E-state index < -0.39 is 10.2 Å². The molecule has 0 aromatic heterocycles. The van der Waals surface area contributed by atoms with Crippen LogP contribution in [0.2, 0.25) is 0 Å². The monoisotopic (exact) mass is 321 g/mol. The summed E-state index contributed by atoms with van der Waals surface area (Å²) >= 11 is 3.18. The van der Waals surface area contributed by atoms with Crippen molar-refractivity contribution in [3.05, 3.63) is 11.8 Å². The molecule has 0 aliphatic heterocycles. The van der Waals surface area contributed by atoms with Crippen molar-refractivity contribution in [2.45, 2.75) is 32.0 Å². The maximum Gasteiger partial charge on any atom is 0.256 e. The quantitative estimate of drug-likeness (QED) is 0.574. The van der Waals surface area contributed by atoms with Crippen molar-refractivity contribution < 1.29 is 20.1 Å². The van der Waals surface area contributed by atoms with Crippen molar-refractivity contribution in [3.8, 4) is 0 Å². The molecule has 0 spiro atoms. The number of imide groups is 1. The molecule has 0 saturated heterocycles. The first-order valence-corrected chi connectivity index (χ1v) is 6.37. The molecule has 18 heavy (non-hydrogen) atoms. The summed E-state index contributed by atoms with van der Waals surface area (Å²) in [5, 5.41) is 2.28. The first-order chi connectivity index (χ1) is 8.00. The number of rotatable bonds is 5. The Morgan fingerprint density at radius 3 is 2.22 bits per heavy atom. The van der Waals surface area contributed by atoms with Gasteiger partial charge in [-0.05, 0) is 27.7 Å². The maximum atomic E-state index is 11.7. The van der Waals surface area contributed by atoms with Crippen molar-refractivity contribution in [3.63, 3.8) is 0 Å².